The fourth-order valence-corrected chi connectivity index (χ4v) is 1.31. The molecule has 1 heterocycles. The molecule has 0 aromatic heterocycles. The number of hydrogen-bond donors (Lipinski definition) is 2. The quantitative estimate of drug-likeness (QED) is 0.605. The summed E-state index contributed by atoms with van der Waals surface area (Å²) in [7, 11) is -1.03. The van der Waals surface area contributed by atoms with Crippen molar-refractivity contribution in [1.29, 1.82) is 0 Å². The molecule has 0 aliphatic carbocycles. The Morgan fingerprint density at radius 2 is 2.46 bits per heavy atom. The Labute approximate surface area is 76.7 Å². The molecular weight excluding hydrogens is 171 g/mol. The van der Waals surface area contributed by atoms with Crippen molar-refractivity contribution in [2.75, 3.05) is 0 Å². The molecule has 0 radical (unpaired) electrons. The first kappa shape index (κ1) is 10.0. The smallest absolute Gasteiger partial charge is 0.481 e. The second kappa shape index (κ2) is 3.76. The zero-order valence-electron chi connectivity index (χ0n) is 7.36. The molecule has 2 N–H and O–H groups in total. The van der Waals surface area contributed by atoms with Gasteiger partial charge in [-0.25, -0.2) is 0 Å². The first-order valence-corrected chi connectivity index (χ1v) is 3.97. The first-order valence-electron chi connectivity index (χ1n) is 3.97. The molecule has 4 nitrogen and oxygen atoms in total. The van der Waals surface area contributed by atoms with Crippen LogP contribution in [0.3, 0.4) is 0 Å². The van der Waals surface area contributed by atoms with Crippen LogP contribution < -0.4 is 0 Å². The maximum absolute atomic E-state index is 10.4. The van der Waals surface area contributed by atoms with Crippen LogP contribution in [0.25, 0.3) is 0 Å². The van der Waals surface area contributed by atoms with E-state index >= 15 is 0 Å². The summed E-state index contributed by atoms with van der Waals surface area (Å²) in [6.07, 6.45) is 0.918. The third-order valence-corrected chi connectivity index (χ3v) is 1.99. The molecule has 1 saturated heterocycles. The molecule has 70 valence electrons. The maximum Gasteiger partial charge on any atom is 0.491 e. The van der Waals surface area contributed by atoms with Crippen molar-refractivity contribution >= 4 is 13.1 Å². The maximum atomic E-state index is 10.4. The molecule has 1 aliphatic rings. The van der Waals surface area contributed by atoms with E-state index < -0.39 is 19.2 Å². The van der Waals surface area contributed by atoms with Gasteiger partial charge < -0.3 is 14.8 Å². The number of hydrogen-bond acceptors (Lipinski definition) is 3. The van der Waals surface area contributed by atoms with Gasteiger partial charge in [-0.2, -0.15) is 0 Å². The van der Waals surface area contributed by atoms with E-state index in [-0.39, 0.29) is 6.42 Å². The van der Waals surface area contributed by atoms with Crippen LogP contribution in [0.2, 0.25) is 0 Å². The molecule has 1 unspecified atom stereocenters. The Balaban J connectivity index is 2.73. The second-order valence-corrected chi connectivity index (χ2v) is 2.84. The van der Waals surface area contributed by atoms with Crippen molar-refractivity contribution in [1.82, 2.24) is 0 Å². The fraction of sp³-hybridized carbons (Fsp3) is 0.375. The number of allylic oxidation sites excluding steroid dienone is 1. The van der Waals surface area contributed by atoms with Gasteiger partial charge in [-0.15, -0.1) is 0 Å². The Bertz CT molecular complexity index is 271. The van der Waals surface area contributed by atoms with Crippen LogP contribution in [-0.2, 0) is 9.45 Å². The molecule has 5 heteroatoms. The molecule has 1 fully saturated rings. The summed E-state index contributed by atoms with van der Waals surface area (Å²) >= 11 is 0. The molecule has 1 rings (SSSR count). The lowest BCUT2D eigenvalue weighted by Gasteiger charge is -2.07. The van der Waals surface area contributed by atoms with Crippen molar-refractivity contribution in [2.24, 2.45) is 0 Å². The van der Waals surface area contributed by atoms with Gasteiger partial charge in [-0.1, -0.05) is 12.7 Å². The SMILES string of the molecule is C=C1C(=CC)B(O)OC1CC(=O)O. The zero-order valence-corrected chi connectivity index (χ0v) is 7.36. The topological polar surface area (TPSA) is 66.8 Å². The van der Waals surface area contributed by atoms with E-state index in [0.29, 0.717) is 11.0 Å². The molecule has 0 saturated carbocycles. The highest BCUT2D eigenvalue weighted by molar-refractivity contribution is 6.55. The van der Waals surface area contributed by atoms with Gasteiger partial charge in [0.1, 0.15) is 0 Å². The molecule has 0 spiro atoms. The summed E-state index contributed by atoms with van der Waals surface area (Å²) in [5.41, 5.74) is 1.13. The second-order valence-electron chi connectivity index (χ2n) is 2.84. The minimum atomic E-state index is -1.03. The van der Waals surface area contributed by atoms with Crippen molar-refractivity contribution in [3.05, 3.63) is 23.7 Å². The normalized spacial score (nSPS) is 25.7. The molecule has 1 aliphatic heterocycles. The molecule has 0 amide bonds. The highest BCUT2D eigenvalue weighted by Gasteiger charge is 2.37. The predicted molar refractivity (Wildman–Crippen MR) is 48.0 cm³/mol. The molecule has 0 aromatic carbocycles. The van der Waals surface area contributed by atoms with E-state index in [4.69, 9.17) is 9.76 Å². The molecule has 0 bridgehead atoms. The van der Waals surface area contributed by atoms with Crippen molar-refractivity contribution < 1.29 is 19.6 Å². The van der Waals surface area contributed by atoms with Crippen LogP contribution in [-0.4, -0.2) is 29.3 Å². The lowest BCUT2D eigenvalue weighted by molar-refractivity contribution is -0.138. The highest BCUT2D eigenvalue weighted by Crippen LogP contribution is 2.28. The van der Waals surface area contributed by atoms with E-state index in [1.807, 2.05) is 0 Å². The zero-order chi connectivity index (χ0) is 10.0. The Morgan fingerprint density at radius 1 is 1.85 bits per heavy atom. The Morgan fingerprint density at radius 3 is 2.85 bits per heavy atom. The summed E-state index contributed by atoms with van der Waals surface area (Å²) in [5, 5.41) is 17.8. The number of carboxylic acid groups (broad SMARTS) is 1. The average Bonchev–Trinajstić information content (AvgIpc) is 2.26. The van der Waals surface area contributed by atoms with Crippen molar-refractivity contribution in [3.8, 4) is 0 Å². The van der Waals surface area contributed by atoms with E-state index in [0.717, 1.165) is 0 Å². The largest absolute Gasteiger partial charge is 0.491 e. The minimum absolute atomic E-state index is 0.159. The van der Waals surface area contributed by atoms with Gasteiger partial charge in [0, 0.05) is 0 Å². The number of aliphatic carboxylic acids is 1. The van der Waals surface area contributed by atoms with Crippen LogP contribution in [0.1, 0.15) is 13.3 Å². The van der Waals surface area contributed by atoms with Gasteiger partial charge in [0.2, 0.25) is 0 Å². The summed E-state index contributed by atoms with van der Waals surface area (Å²) < 4.78 is 4.99. The Hall–Kier alpha value is -1.07. The standard InChI is InChI=1S/C8H11BO4/c1-3-6-5(2)7(4-8(10)11)13-9(6)12/h3,7,12H,2,4H2,1H3,(H,10,11). The van der Waals surface area contributed by atoms with Gasteiger partial charge >= 0.3 is 13.1 Å². The monoisotopic (exact) mass is 182 g/mol. The van der Waals surface area contributed by atoms with Crippen LogP contribution in [0.4, 0.5) is 0 Å². The van der Waals surface area contributed by atoms with Gasteiger partial charge in [0.15, 0.2) is 0 Å². The van der Waals surface area contributed by atoms with E-state index in [2.05, 4.69) is 6.58 Å². The van der Waals surface area contributed by atoms with Gasteiger partial charge in [0.25, 0.3) is 0 Å². The van der Waals surface area contributed by atoms with Crippen molar-refractivity contribution in [2.45, 2.75) is 19.4 Å². The lowest BCUT2D eigenvalue weighted by atomic mass is 9.77. The van der Waals surface area contributed by atoms with Crippen LogP contribution in [0.5, 0.6) is 0 Å². The molecule has 13 heavy (non-hydrogen) atoms. The van der Waals surface area contributed by atoms with E-state index in [1.165, 1.54) is 0 Å². The summed E-state index contributed by atoms with van der Waals surface area (Å²) in [6.45, 7) is 5.42. The summed E-state index contributed by atoms with van der Waals surface area (Å²) in [4.78, 5) is 10.4. The van der Waals surface area contributed by atoms with E-state index in [9.17, 15) is 9.82 Å². The molecule has 1 atom stereocenters. The molecular formula is C8H11BO4. The van der Waals surface area contributed by atoms with Crippen molar-refractivity contribution in [3.63, 3.8) is 0 Å². The first-order chi connectivity index (χ1) is 6.06. The number of carbonyl (C=O) groups is 1. The summed E-state index contributed by atoms with van der Waals surface area (Å²) in [5.74, 6) is -0.962. The fourth-order valence-electron chi connectivity index (χ4n) is 1.31. The Kier molecular flexibility index (Phi) is 2.90. The van der Waals surface area contributed by atoms with Crippen LogP contribution in [0.15, 0.2) is 23.7 Å². The predicted octanol–water partition coefficient (Wildman–Crippen LogP) is 0.382. The highest BCUT2D eigenvalue weighted by atomic mass is 16.5. The average molecular weight is 182 g/mol. The number of carboxylic acids is 1. The van der Waals surface area contributed by atoms with Crippen LogP contribution in [0, 0.1) is 0 Å². The lowest BCUT2D eigenvalue weighted by Crippen LogP contribution is -2.18. The van der Waals surface area contributed by atoms with E-state index in [1.54, 1.807) is 13.0 Å². The van der Waals surface area contributed by atoms with Gasteiger partial charge in [0.05, 0.1) is 12.5 Å². The third kappa shape index (κ3) is 1.99. The van der Waals surface area contributed by atoms with Crippen LogP contribution >= 0.6 is 0 Å². The summed E-state index contributed by atoms with van der Waals surface area (Å²) in [6, 6.07) is 0. The minimum Gasteiger partial charge on any atom is -0.481 e. The number of rotatable bonds is 2. The molecule has 0 aromatic rings. The van der Waals surface area contributed by atoms with Gasteiger partial charge in [-0.3, -0.25) is 4.79 Å². The van der Waals surface area contributed by atoms with Gasteiger partial charge in [-0.05, 0) is 18.0 Å². The third-order valence-electron chi connectivity index (χ3n) is 1.99.